The van der Waals surface area contributed by atoms with E-state index in [9.17, 15) is 8.42 Å². The zero-order chi connectivity index (χ0) is 10.9. The molecule has 0 saturated carbocycles. The SMILES string of the molecule is COS(=O)(=O)c1ccc2ccccc2n1. The molecular formula is C10H9NO3S. The monoisotopic (exact) mass is 223 g/mol. The number of hydrogen-bond acceptors (Lipinski definition) is 4. The highest BCUT2D eigenvalue weighted by Crippen LogP contribution is 2.15. The van der Waals surface area contributed by atoms with Crippen molar-refractivity contribution >= 4 is 21.0 Å². The van der Waals surface area contributed by atoms with Crippen LogP contribution in [0.15, 0.2) is 41.4 Å². The van der Waals surface area contributed by atoms with Crippen LogP contribution in [0.2, 0.25) is 0 Å². The molecule has 1 heterocycles. The Kier molecular flexibility index (Phi) is 2.42. The van der Waals surface area contributed by atoms with Gasteiger partial charge in [0.15, 0.2) is 5.03 Å². The number of pyridine rings is 1. The van der Waals surface area contributed by atoms with Gasteiger partial charge >= 0.3 is 10.1 Å². The minimum atomic E-state index is -3.70. The summed E-state index contributed by atoms with van der Waals surface area (Å²) in [6.07, 6.45) is 0. The summed E-state index contributed by atoms with van der Waals surface area (Å²) in [5, 5.41) is 0.830. The number of benzene rings is 1. The minimum Gasteiger partial charge on any atom is -0.269 e. The van der Waals surface area contributed by atoms with Crippen LogP contribution >= 0.6 is 0 Å². The molecule has 0 saturated heterocycles. The van der Waals surface area contributed by atoms with Gasteiger partial charge in [-0.2, -0.15) is 8.42 Å². The summed E-state index contributed by atoms with van der Waals surface area (Å²) in [5.74, 6) is 0. The molecule has 0 aliphatic carbocycles. The van der Waals surface area contributed by atoms with Crippen molar-refractivity contribution in [3.63, 3.8) is 0 Å². The molecule has 0 aliphatic rings. The van der Waals surface area contributed by atoms with Crippen LogP contribution in [0.25, 0.3) is 10.9 Å². The lowest BCUT2D eigenvalue weighted by atomic mass is 10.2. The maximum absolute atomic E-state index is 11.4. The number of fused-ring (bicyclic) bond motifs is 1. The number of rotatable bonds is 2. The van der Waals surface area contributed by atoms with E-state index in [4.69, 9.17) is 0 Å². The van der Waals surface area contributed by atoms with Crippen molar-refractivity contribution in [2.45, 2.75) is 5.03 Å². The topological polar surface area (TPSA) is 56.3 Å². The molecule has 2 rings (SSSR count). The highest BCUT2D eigenvalue weighted by atomic mass is 32.2. The van der Waals surface area contributed by atoms with E-state index in [2.05, 4.69) is 9.17 Å². The first-order chi connectivity index (χ1) is 7.13. The predicted molar refractivity (Wildman–Crippen MR) is 55.9 cm³/mol. The van der Waals surface area contributed by atoms with E-state index < -0.39 is 10.1 Å². The van der Waals surface area contributed by atoms with Crippen molar-refractivity contribution in [1.29, 1.82) is 0 Å². The molecule has 15 heavy (non-hydrogen) atoms. The second-order valence-corrected chi connectivity index (χ2v) is 4.62. The average molecular weight is 223 g/mol. The van der Waals surface area contributed by atoms with Crippen molar-refractivity contribution in [3.8, 4) is 0 Å². The van der Waals surface area contributed by atoms with E-state index in [0.717, 1.165) is 12.5 Å². The van der Waals surface area contributed by atoms with Gasteiger partial charge < -0.3 is 0 Å². The Morgan fingerprint density at radius 1 is 1.13 bits per heavy atom. The van der Waals surface area contributed by atoms with Gasteiger partial charge in [-0.25, -0.2) is 4.98 Å². The van der Waals surface area contributed by atoms with E-state index in [1.807, 2.05) is 12.1 Å². The average Bonchev–Trinajstić information content (AvgIpc) is 2.28. The van der Waals surface area contributed by atoms with E-state index in [1.54, 1.807) is 18.2 Å². The molecule has 0 radical (unpaired) electrons. The quantitative estimate of drug-likeness (QED) is 0.725. The van der Waals surface area contributed by atoms with Crippen molar-refractivity contribution in [3.05, 3.63) is 36.4 Å². The van der Waals surface area contributed by atoms with Crippen LogP contribution in [-0.2, 0) is 14.3 Å². The Labute approximate surface area is 87.6 Å². The van der Waals surface area contributed by atoms with Crippen LogP contribution in [0.3, 0.4) is 0 Å². The molecule has 1 aromatic heterocycles. The normalized spacial score (nSPS) is 11.8. The largest absolute Gasteiger partial charge is 0.314 e. The van der Waals surface area contributed by atoms with Gasteiger partial charge in [0.1, 0.15) is 0 Å². The van der Waals surface area contributed by atoms with Crippen LogP contribution in [0.5, 0.6) is 0 Å². The van der Waals surface area contributed by atoms with Crippen LogP contribution in [0, 0.1) is 0 Å². The van der Waals surface area contributed by atoms with Gasteiger partial charge in [0.25, 0.3) is 0 Å². The predicted octanol–water partition coefficient (Wildman–Crippen LogP) is 1.57. The van der Waals surface area contributed by atoms with Gasteiger partial charge in [0, 0.05) is 5.39 Å². The number of aromatic nitrogens is 1. The van der Waals surface area contributed by atoms with Gasteiger partial charge in [-0.15, -0.1) is 0 Å². The summed E-state index contributed by atoms with van der Waals surface area (Å²) >= 11 is 0. The fraction of sp³-hybridized carbons (Fsp3) is 0.100. The summed E-state index contributed by atoms with van der Waals surface area (Å²) in [4.78, 5) is 4.00. The molecule has 78 valence electrons. The third-order valence-electron chi connectivity index (χ3n) is 2.05. The van der Waals surface area contributed by atoms with Crippen molar-refractivity contribution in [1.82, 2.24) is 4.98 Å². The van der Waals surface area contributed by atoms with E-state index in [-0.39, 0.29) is 5.03 Å². The summed E-state index contributed by atoms with van der Waals surface area (Å²) in [6.45, 7) is 0. The van der Waals surface area contributed by atoms with Crippen molar-refractivity contribution < 1.29 is 12.6 Å². The second-order valence-electron chi connectivity index (χ2n) is 2.96. The molecule has 0 amide bonds. The fourth-order valence-electron chi connectivity index (χ4n) is 1.27. The number of hydrogen-bond donors (Lipinski definition) is 0. The fourth-order valence-corrected chi connectivity index (χ4v) is 1.89. The highest BCUT2D eigenvalue weighted by Gasteiger charge is 2.14. The van der Waals surface area contributed by atoms with Crippen molar-refractivity contribution in [2.24, 2.45) is 0 Å². The zero-order valence-electron chi connectivity index (χ0n) is 8.04. The van der Waals surface area contributed by atoms with Gasteiger partial charge in [0.05, 0.1) is 12.6 Å². The lowest BCUT2D eigenvalue weighted by Crippen LogP contribution is -2.05. The van der Waals surface area contributed by atoms with E-state index in [1.165, 1.54) is 6.07 Å². The summed E-state index contributed by atoms with van der Waals surface area (Å²) < 4.78 is 27.1. The molecule has 4 nitrogen and oxygen atoms in total. The maximum atomic E-state index is 11.4. The molecule has 0 aliphatic heterocycles. The number of para-hydroxylation sites is 1. The Hall–Kier alpha value is -1.46. The third kappa shape index (κ3) is 1.84. The van der Waals surface area contributed by atoms with Gasteiger partial charge in [-0.1, -0.05) is 18.2 Å². The molecule has 0 atom stereocenters. The first-order valence-electron chi connectivity index (χ1n) is 4.30. The molecule has 2 aromatic rings. The summed E-state index contributed by atoms with van der Waals surface area (Å²) in [6, 6.07) is 10.4. The van der Waals surface area contributed by atoms with Crippen LogP contribution in [-0.4, -0.2) is 20.5 Å². The van der Waals surface area contributed by atoms with E-state index >= 15 is 0 Å². The Bertz CT molecular complexity index is 592. The molecule has 5 heteroatoms. The lowest BCUT2D eigenvalue weighted by molar-refractivity contribution is 0.395. The first-order valence-corrected chi connectivity index (χ1v) is 5.71. The summed E-state index contributed by atoms with van der Waals surface area (Å²) in [7, 11) is -2.58. The standard InChI is InChI=1S/C10H9NO3S/c1-14-15(12,13)10-7-6-8-4-2-3-5-9(8)11-10/h2-7H,1H3. The summed E-state index contributed by atoms with van der Waals surface area (Å²) in [5.41, 5.74) is 0.635. The maximum Gasteiger partial charge on any atom is 0.314 e. The molecule has 0 bridgehead atoms. The first kappa shape index (κ1) is 10.1. The smallest absolute Gasteiger partial charge is 0.269 e. The Morgan fingerprint density at radius 3 is 2.60 bits per heavy atom. The molecular weight excluding hydrogens is 214 g/mol. The third-order valence-corrected chi connectivity index (χ3v) is 3.23. The van der Waals surface area contributed by atoms with Crippen LogP contribution in [0.1, 0.15) is 0 Å². The Balaban J connectivity index is 2.67. The molecule has 1 aromatic carbocycles. The molecule has 0 spiro atoms. The van der Waals surface area contributed by atoms with Crippen LogP contribution < -0.4 is 0 Å². The highest BCUT2D eigenvalue weighted by molar-refractivity contribution is 7.86. The molecule has 0 unspecified atom stereocenters. The lowest BCUT2D eigenvalue weighted by Gasteiger charge is -2.01. The van der Waals surface area contributed by atoms with E-state index in [0.29, 0.717) is 5.52 Å². The molecule has 0 N–H and O–H groups in total. The van der Waals surface area contributed by atoms with Gasteiger partial charge in [-0.05, 0) is 18.2 Å². The van der Waals surface area contributed by atoms with Crippen LogP contribution in [0.4, 0.5) is 0 Å². The van der Waals surface area contributed by atoms with Crippen molar-refractivity contribution in [2.75, 3.05) is 7.11 Å². The molecule has 0 fully saturated rings. The Morgan fingerprint density at radius 2 is 1.87 bits per heavy atom. The zero-order valence-corrected chi connectivity index (χ0v) is 8.86. The minimum absolute atomic E-state index is 0.0660. The number of nitrogens with zero attached hydrogens (tertiary/aromatic N) is 1. The van der Waals surface area contributed by atoms with Gasteiger partial charge in [-0.3, -0.25) is 4.18 Å². The van der Waals surface area contributed by atoms with Gasteiger partial charge in [0.2, 0.25) is 0 Å². The second kappa shape index (κ2) is 3.60.